The number of aromatic carboxylic acids is 1. The van der Waals surface area contributed by atoms with Crippen molar-refractivity contribution in [1.82, 2.24) is 15.1 Å². The van der Waals surface area contributed by atoms with Crippen molar-refractivity contribution >= 4 is 11.7 Å². The summed E-state index contributed by atoms with van der Waals surface area (Å²) in [5, 5.41) is 15.5. The first-order valence-electron chi connectivity index (χ1n) is 4.87. The summed E-state index contributed by atoms with van der Waals surface area (Å²) in [6, 6.07) is 1.58. The van der Waals surface area contributed by atoms with Gasteiger partial charge in [0.15, 0.2) is 5.82 Å². The molecule has 0 aliphatic heterocycles. The number of carboxylic acids is 1. The highest BCUT2D eigenvalue weighted by molar-refractivity contribution is 5.93. The number of nitrogens with zero attached hydrogens (tertiary/aromatic N) is 3. The van der Waals surface area contributed by atoms with Gasteiger partial charge in [-0.25, -0.2) is 4.79 Å². The Bertz CT molecular complexity index is 538. The Morgan fingerprint density at radius 2 is 2.41 bits per heavy atom. The van der Waals surface area contributed by atoms with E-state index in [0.29, 0.717) is 23.9 Å². The van der Waals surface area contributed by atoms with Crippen LogP contribution in [0.3, 0.4) is 0 Å². The molecule has 88 valence electrons. The number of aromatic nitrogens is 3. The molecular weight excluding hydrogens is 224 g/mol. The molecule has 0 radical (unpaired) electrons. The average Bonchev–Trinajstić information content (AvgIpc) is 2.73. The third-order valence-electron chi connectivity index (χ3n) is 2.06. The number of aryl methyl sites for hydroxylation is 1. The lowest BCUT2D eigenvalue weighted by Gasteiger charge is -2.06. The van der Waals surface area contributed by atoms with Gasteiger partial charge in [-0.3, -0.25) is 4.98 Å². The third kappa shape index (κ3) is 2.57. The number of anilines is 1. The SMILES string of the molecule is Cc1nc(CNc2ccncc2C(=O)O)no1. The van der Waals surface area contributed by atoms with Crippen LogP contribution in [0.5, 0.6) is 0 Å². The van der Waals surface area contributed by atoms with Crippen molar-refractivity contribution < 1.29 is 14.4 Å². The average molecular weight is 234 g/mol. The van der Waals surface area contributed by atoms with Crippen LogP contribution in [0.1, 0.15) is 22.1 Å². The van der Waals surface area contributed by atoms with Gasteiger partial charge in [0.25, 0.3) is 0 Å². The van der Waals surface area contributed by atoms with E-state index in [1.807, 2.05) is 0 Å². The predicted octanol–water partition coefficient (Wildman–Crippen LogP) is 1.08. The lowest BCUT2D eigenvalue weighted by Crippen LogP contribution is -2.07. The molecule has 7 heteroatoms. The van der Waals surface area contributed by atoms with Gasteiger partial charge in [-0.1, -0.05) is 5.16 Å². The Hall–Kier alpha value is -2.44. The maximum Gasteiger partial charge on any atom is 0.339 e. The zero-order valence-corrected chi connectivity index (χ0v) is 9.04. The molecule has 0 atom stereocenters. The molecule has 0 aliphatic carbocycles. The van der Waals surface area contributed by atoms with Gasteiger partial charge in [0.2, 0.25) is 5.89 Å². The van der Waals surface area contributed by atoms with Gasteiger partial charge in [0.05, 0.1) is 12.2 Å². The van der Waals surface area contributed by atoms with Crippen molar-refractivity contribution in [2.24, 2.45) is 0 Å². The summed E-state index contributed by atoms with van der Waals surface area (Å²) in [7, 11) is 0. The summed E-state index contributed by atoms with van der Waals surface area (Å²) < 4.78 is 4.80. The predicted molar refractivity (Wildman–Crippen MR) is 57.6 cm³/mol. The largest absolute Gasteiger partial charge is 0.478 e. The second-order valence-corrected chi connectivity index (χ2v) is 3.31. The van der Waals surface area contributed by atoms with E-state index in [-0.39, 0.29) is 5.56 Å². The molecule has 0 fully saturated rings. The van der Waals surface area contributed by atoms with E-state index >= 15 is 0 Å². The van der Waals surface area contributed by atoms with Crippen molar-refractivity contribution in [3.63, 3.8) is 0 Å². The summed E-state index contributed by atoms with van der Waals surface area (Å²) in [4.78, 5) is 18.7. The highest BCUT2D eigenvalue weighted by Crippen LogP contribution is 2.14. The van der Waals surface area contributed by atoms with E-state index in [4.69, 9.17) is 9.63 Å². The zero-order chi connectivity index (χ0) is 12.3. The summed E-state index contributed by atoms with van der Waals surface area (Å²) in [6.07, 6.45) is 2.79. The van der Waals surface area contributed by atoms with Crippen LogP contribution >= 0.6 is 0 Å². The Kier molecular flexibility index (Phi) is 2.99. The zero-order valence-electron chi connectivity index (χ0n) is 9.04. The van der Waals surface area contributed by atoms with Crippen LogP contribution in [0, 0.1) is 6.92 Å². The van der Waals surface area contributed by atoms with Gasteiger partial charge in [-0.05, 0) is 6.07 Å². The molecule has 0 saturated heterocycles. The molecule has 0 aromatic carbocycles. The van der Waals surface area contributed by atoms with Gasteiger partial charge in [-0.2, -0.15) is 4.98 Å². The lowest BCUT2D eigenvalue weighted by atomic mass is 10.2. The van der Waals surface area contributed by atoms with E-state index in [9.17, 15) is 4.79 Å². The van der Waals surface area contributed by atoms with Crippen molar-refractivity contribution in [3.05, 3.63) is 35.7 Å². The van der Waals surface area contributed by atoms with E-state index < -0.39 is 5.97 Å². The number of pyridine rings is 1. The molecule has 2 N–H and O–H groups in total. The normalized spacial score (nSPS) is 10.2. The lowest BCUT2D eigenvalue weighted by molar-refractivity contribution is 0.0697. The van der Waals surface area contributed by atoms with Crippen LogP contribution in [0.15, 0.2) is 23.0 Å². The number of rotatable bonds is 4. The summed E-state index contributed by atoms with van der Waals surface area (Å²) in [5.74, 6) is -0.101. The molecule has 0 spiro atoms. The molecule has 0 bridgehead atoms. The molecule has 2 aromatic rings. The van der Waals surface area contributed by atoms with Crippen LogP contribution in [0.4, 0.5) is 5.69 Å². The number of hydrogen-bond donors (Lipinski definition) is 2. The molecule has 0 amide bonds. The second-order valence-electron chi connectivity index (χ2n) is 3.31. The summed E-state index contributed by atoms with van der Waals surface area (Å²) in [6.45, 7) is 1.98. The van der Waals surface area contributed by atoms with E-state index in [2.05, 4.69) is 20.4 Å². The Labute approximate surface area is 96.5 Å². The smallest absolute Gasteiger partial charge is 0.339 e. The van der Waals surface area contributed by atoms with Crippen LogP contribution in [0.25, 0.3) is 0 Å². The topological polar surface area (TPSA) is 101 Å². The van der Waals surface area contributed by atoms with Crippen molar-refractivity contribution in [2.45, 2.75) is 13.5 Å². The van der Waals surface area contributed by atoms with Gasteiger partial charge >= 0.3 is 5.97 Å². The second kappa shape index (κ2) is 4.60. The quantitative estimate of drug-likeness (QED) is 0.816. The van der Waals surface area contributed by atoms with Crippen LogP contribution in [0.2, 0.25) is 0 Å². The van der Waals surface area contributed by atoms with E-state index in [1.165, 1.54) is 12.4 Å². The fourth-order valence-electron chi connectivity index (χ4n) is 1.31. The fraction of sp³-hybridized carbons (Fsp3) is 0.200. The van der Waals surface area contributed by atoms with Crippen molar-refractivity contribution in [3.8, 4) is 0 Å². The molecule has 0 aliphatic rings. The van der Waals surface area contributed by atoms with E-state index in [1.54, 1.807) is 13.0 Å². The molecule has 7 nitrogen and oxygen atoms in total. The minimum absolute atomic E-state index is 0.104. The Morgan fingerprint density at radius 3 is 3.06 bits per heavy atom. The highest BCUT2D eigenvalue weighted by Gasteiger charge is 2.10. The number of hydrogen-bond acceptors (Lipinski definition) is 6. The number of carbonyl (C=O) groups is 1. The summed E-state index contributed by atoms with van der Waals surface area (Å²) >= 11 is 0. The highest BCUT2D eigenvalue weighted by atomic mass is 16.5. The fourth-order valence-corrected chi connectivity index (χ4v) is 1.31. The first-order valence-corrected chi connectivity index (χ1v) is 4.87. The molecule has 17 heavy (non-hydrogen) atoms. The number of carboxylic acid groups (broad SMARTS) is 1. The van der Waals surface area contributed by atoms with Crippen molar-refractivity contribution in [1.29, 1.82) is 0 Å². The maximum absolute atomic E-state index is 10.9. The van der Waals surface area contributed by atoms with Gasteiger partial charge in [-0.15, -0.1) is 0 Å². The Balaban J connectivity index is 2.11. The van der Waals surface area contributed by atoms with Crippen LogP contribution in [-0.4, -0.2) is 26.2 Å². The van der Waals surface area contributed by atoms with Gasteiger partial charge < -0.3 is 14.9 Å². The molecular formula is C10H10N4O3. The standard InChI is InChI=1S/C10H10N4O3/c1-6-13-9(14-17-6)5-12-8-2-3-11-4-7(8)10(15)16/h2-4H,5H2,1H3,(H,11,12)(H,15,16). The maximum atomic E-state index is 10.9. The van der Waals surface area contributed by atoms with E-state index in [0.717, 1.165) is 0 Å². The molecule has 2 aromatic heterocycles. The summed E-state index contributed by atoms with van der Waals surface area (Å²) in [5.41, 5.74) is 0.572. The molecule has 2 rings (SSSR count). The third-order valence-corrected chi connectivity index (χ3v) is 2.06. The minimum atomic E-state index is -1.04. The van der Waals surface area contributed by atoms with Gasteiger partial charge in [0, 0.05) is 19.3 Å². The van der Waals surface area contributed by atoms with Gasteiger partial charge in [0.1, 0.15) is 5.56 Å². The minimum Gasteiger partial charge on any atom is -0.478 e. The Morgan fingerprint density at radius 1 is 1.59 bits per heavy atom. The monoisotopic (exact) mass is 234 g/mol. The van der Waals surface area contributed by atoms with Crippen LogP contribution in [-0.2, 0) is 6.54 Å². The first kappa shape index (κ1) is 11.1. The van der Waals surface area contributed by atoms with Crippen molar-refractivity contribution in [2.75, 3.05) is 5.32 Å². The molecule has 0 unspecified atom stereocenters. The molecule has 0 saturated carbocycles. The first-order chi connectivity index (χ1) is 8.16. The molecule has 2 heterocycles. The van der Waals surface area contributed by atoms with Crippen LogP contribution < -0.4 is 5.32 Å². The number of nitrogens with one attached hydrogen (secondary N) is 1.